The molecule has 0 aromatic heterocycles. The van der Waals surface area contributed by atoms with E-state index in [1.165, 1.54) is 84.2 Å². The van der Waals surface area contributed by atoms with Gasteiger partial charge in [0, 0.05) is 6.42 Å². The molecule has 0 radical (unpaired) electrons. The highest BCUT2D eigenvalue weighted by Crippen LogP contribution is 2.15. The minimum atomic E-state index is -0.0976. The zero-order valence-electron chi connectivity index (χ0n) is 17.1. The molecule has 0 heterocycles. The molecule has 0 fully saturated rings. The maximum absolute atomic E-state index is 11.0. The summed E-state index contributed by atoms with van der Waals surface area (Å²) in [5, 5.41) is 10.0. The van der Waals surface area contributed by atoms with Crippen LogP contribution in [-0.4, -0.2) is 24.3 Å². The second-order valence-electron chi connectivity index (χ2n) is 7.51. The number of carbonyl (C=O) groups is 1. The summed E-state index contributed by atoms with van der Waals surface area (Å²) in [5.74, 6) is -0.0976. The van der Waals surface area contributed by atoms with Crippen LogP contribution in [0.4, 0.5) is 0 Å². The van der Waals surface area contributed by atoms with Crippen molar-refractivity contribution in [3.63, 3.8) is 0 Å². The van der Waals surface area contributed by atoms with Gasteiger partial charge in [0.15, 0.2) is 0 Å². The summed E-state index contributed by atoms with van der Waals surface area (Å²) in [6.45, 7) is 2.26. The molecule has 0 bridgehead atoms. The van der Waals surface area contributed by atoms with Gasteiger partial charge in [-0.05, 0) is 19.3 Å². The number of unbranched alkanes of at least 4 members (excludes halogenated alkanes) is 13. The molecule has 0 aliphatic carbocycles. The highest BCUT2D eigenvalue weighted by molar-refractivity contribution is 5.68. The topological polar surface area (TPSA) is 46.5 Å². The van der Waals surface area contributed by atoms with Crippen molar-refractivity contribution in [2.45, 2.75) is 129 Å². The monoisotopic (exact) mass is 356 g/mol. The van der Waals surface area contributed by atoms with E-state index in [0.717, 1.165) is 32.1 Å². The Bertz CT molecular complexity index is 278. The van der Waals surface area contributed by atoms with Crippen molar-refractivity contribution in [2.24, 2.45) is 0 Å². The highest BCUT2D eigenvalue weighted by atomic mass is 16.5. The molecule has 25 heavy (non-hydrogen) atoms. The molecule has 1 unspecified atom stereocenters. The average molecular weight is 357 g/mol. The van der Waals surface area contributed by atoms with Crippen molar-refractivity contribution in [3.05, 3.63) is 0 Å². The largest absolute Gasteiger partial charge is 0.469 e. The third-order valence-corrected chi connectivity index (χ3v) is 5.04. The molecule has 150 valence electrons. The molecule has 0 saturated carbocycles. The Kier molecular flexibility index (Phi) is 19.3. The third-order valence-electron chi connectivity index (χ3n) is 5.04. The summed E-state index contributed by atoms with van der Waals surface area (Å²) in [6, 6.07) is 0. The molecule has 1 N–H and O–H groups in total. The van der Waals surface area contributed by atoms with Gasteiger partial charge in [0.25, 0.3) is 0 Å². The summed E-state index contributed by atoms with van der Waals surface area (Å²) < 4.78 is 4.63. The maximum Gasteiger partial charge on any atom is 0.305 e. The quantitative estimate of drug-likeness (QED) is 0.210. The van der Waals surface area contributed by atoms with Crippen LogP contribution >= 0.6 is 0 Å². The molecule has 0 saturated heterocycles. The van der Waals surface area contributed by atoms with Crippen LogP contribution in [0.25, 0.3) is 0 Å². The Hall–Kier alpha value is -0.570. The smallest absolute Gasteiger partial charge is 0.305 e. The van der Waals surface area contributed by atoms with Gasteiger partial charge < -0.3 is 9.84 Å². The fourth-order valence-corrected chi connectivity index (χ4v) is 3.29. The van der Waals surface area contributed by atoms with Crippen molar-refractivity contribution in [1.29, 1.82) is 0 Å². The number of rotatable bonds is 19. The molecular weight excluding hydrogens is 312 g/mol. The molecule has 0 aromatic carbocycles. The van der Waals surface area contributed by atoms with E-state index in [9.17, 15) is 9.90 Å². The molecule has 0 rings (SSSR count). The number of ether oxygens (including phenoxy) is 1. The Morgan fingerprint density at radius 2 is 1.12 bits per heavy atom. The highest BCUT2D eigenvalue weighted by Gasteiger charge is 2.04. The van der Waals surface area contributed by atoms with Gasteiger partial charge in [0.1, 0.15) is 0 Å². The molecule has 0 spiro atoms. The zero-order valence-corrected chi connectivity index (χ0v) is 17.1. The van der Waals surface area contributed by atoms with E-state index >= 15 is 0 Å². The molecule has 0 aliphatic rings. The number of esters is 1. The summed E-state index contributed by atoms with van der Waals surface area (Å²) in [6.07, 6.45) is 21.3. The van der Waals surface area contributed by atoms with Crippen LogP contribution in [0.5, 0.6) is 0 Å². The van der Waals surface area contributed by atoms with Gasteiger partial charge in [-0.2, -0.15) is 0 Å². The van der Waals surface area contributed by atoms with Crippen molar-refractivity contribution in [3.8, 4) is 0 Å². The van der Waals surface area contributed by atoms with Crippen LogP contribution in [-0.2, 0) is 9.53 Å². The van der Waals surface area contributed by atoms with E-state index in [1.807, 2.05) is 0 Å². The van der Waals surface area contributed by atoms with E-state index in [2.05, 4.69) is 11.7 Å². The van der Waals surface area contributed by atoms with Gasteiger partial charge >= 0.3 is 5.97 Å². The van der Waals surface area contributed by atoms with Gasteiger partial charge in [-0.15, -0.1) is 0 Å². The summed E-state index contributed by atoms with van der Waals surface area (Å²) in [4.78, 5) is 11.0. The molecule has 1 atom stereocenters. The number of methoxy groups -OCH3 is 1. The predicted octanol–water partition coefficient (Wildman–Crippen LogP) is 6.56. The molecule has 0 aromatic rings. The Balaban J connectivity index is 3.18. The Morgan fingerprint density at radius 3 is 1.56 bits per heavy atom. The number of aliphatic hydroxyl groups excluding tert-OH is 1. The van der Waals surface area contributed by atoms with Crippen LogP contribution in [0.15, 0.2) is 0 Å². The second-order valence-corrected chi connectivity index (χ2v) is 7.51. The zero-order chi connectivity index (χ0) is 18.6. The number of aliphatic hydroxyl groups is 1. The van der Waals surface area contributed by atoms with E-state index < -0.39 is 0 Å². The minimum absolute atomic E-state index is 0.0936. The standard InChI is InChI=1S/C22H44O3/c1-3-4-5-6-7-8-9-12-15-18-21(23)19-16-13-10-11-14-17-20-22(24)25-2/h21,23H,3-20H2,1-2H3. The van der Waals surface area contributed by atoms with Crippen molar-refractivity contribution in [2.75, 3.05) is 7.11 Å². The third kappa shape index (κ3) is 19.6. The second kappa shape index (κ2) is 19.8. The van der Waals surface area contributed by atoms with Gasteiger partial charge in [-0.1, -0.05) is 96.8 Å². The number of hydrogen-bond acceptors (Lipinski definition) is 3. The van der Waals surface area contributed by atoms with E-state index in [1.54, 1.807) is 0 Å². The van der Waals surface area contributed by atoms with E-state index in [-0.39, 0.29) is 12.1 Å². The van der Waals surface area contributed by atoms with Crippen LogP contribution in [0.1, 0.15) is 122 Å². The van der Waals surface area contributed by atoms with Crippen LogP contribution < -0.4 is 0 Å². The first-order valence-corrected chi connectivity index (χ1v) is 11.0. The Morgan fingerprint density at radius 1 is 0.720 bits per heavy atom. The molecule has 0 amide bonds. The lowest BCUT2D eigenvalue weighted by atomic mass is 10.0. The lowest BCUT2D eigenvalue weighted by Gasteiger charge is -2.10. The minimum Gasteiger partial charge on any atom is -0.469 e. The van der Waals surface area contributed by atoms with Crippen molar-refractivity contribution < 1.29 is 14.6 Å². The van der Waals surface area contributed by atoms with Crippen LogP contribution in [0.2, 0.25) is 0 Å². The first-order valence-electron chi connectivity index (χ1n) is 11.0. The molecule has 3 nitrogen and oxygen atoms in total. The lowest BCUT2D eigenvalue weighted by Crippen LogP contribution is -2.05. The Labute approximate surface area is 156 Å². The fourth-order valence-electron chi connectivity index (χ4n) is 3.29. The number of hydrogen-bond donors (Lipinski definition) is 1. The van der Waals surface area contributed by atoms with E-state index in [4.69, 9.17) is 0 Å². The van der Waals surface area contributed by atoms with Gasteiger partial charge in [0.2, 0.25) is 0 Å². The van der Waals surface area contributed by atoms with Crippen molar-refractivity contribution in [1.82, 2.24) is 0 Å². The van der Waals surface area contributed by atoms with E-state index in [0.29, 0.717) is 6.42 Å². The molecule has 0 aliphatic heterocycles. The van der Waals surface area contributed by atoms with Gasteiger partial charge in [-0.3, -0.25) is 4.79 Å². The van der Waals surface area contributed by atoms with Crippen LogP contribution in [0.3, 0.4) is 0 Å². The first-order chi connectivity index (χ1) is 12.2. The molecular formula is C22H44O3. The molecule has 3 heteroatoms. The summed E-state index contributed by atoms with van der Waals surface area (Å²) in [7, 11) is 1.45. The maximum atomic E-state index is 11.0. The van der Waals surface area contributed by atoms with Gasteiger partial charge in [0.05, 0.1) is 13.2 Å². The van der Waals surface area contributed by atoms with Crippen LogP contribution in [0, 0.1) is 0 Å². The lowest BCUT2D eigenvalue weighted by molar-refractivity contribution is -0.140. The SMILES string of the molecule is CCCCCCCCCCCC(O)CCCCCCCCC(=O)OC. The average Bonchev–Trinajstić information content (AvgIpc) is 2.62. The fraction of sp³-hybridized carbons (Fsp3) is 0.955. The normalized spacial score (nSPS) is 12.3. The van der Waals surface area contributed by atoms with Crippen molar-refractivity contribution >= 4 is 5.97 Å². The number of carbonyl (C=O) groups excluding carboxylic acids is 1. The summed E-state index contributed by atoms with van der Waals surface area (Å²) in [5.41, 5.74) is 0. The first kappa shape index (κ1) is 24.4. The predicted molar refractivity (Wildman–Crippen MR) is 107 cm³/mol. The summed E-state index contributed by atoms with van der Waals surface area (Å²) >= 11 is 0. The van der Waals surface area contributed by atoms with Gasteiger partial charge in [-0.25, -0.2) is 0 Å².